The summed E-state index contributed by atoms with van der Waals surface area (Å²) in [5.74, 6) is 0.795. The highest BCUT2D eigenvalue weighted by Crippen LogP contribution is 2.21. The summed E-state index contributed by atoms with van der Waals surface area (Å²) < 4.78 is 10.8. The van der Waals surface area contributed by atoms with E-state index in [1.807, 2.05) is 31.2 Å². The van der Waals surface area contributed by atoms with E-state index >= 15 is 0 Å². The molecule has 0 radical (unpaired) electrons. The van der Waals surface area contributed by atoms with E-state index in [0.29, 0.717) is 23.4 Å². The molecule has 0 unspecified atom stereocenters. The second-order valence-corrected chi connectivity index (χ2v) is 4.67. The summed E-state index contributed by atoms with van der Waals surface area (Å²) >= 11 is 0. The third-order valence-electron chi connectivity index (χ3n) is 3.20. The third kappa shape index (κ3) is 2.91. The second-order valence-electron chi connectivity index (χ2n) is 4.67. The van der Waals surface area contributed by atoms with Crippen molar-refractivity contribution in [3.05, 3.63) is 66.4 Å². The topological polar surface area (TPSA) is 48.4 Å². The van der Waals surface area contributed by atoms with Crippen LogP contribution >= 0.6 is 0 Å². The summed E-state index contributed by atoms with van der Waals surface area (Å²) in [6, 6.07) is 16.2. The Hall–Kier alpha value is -2.88. The molecule has 0 aliphatic rings. The lowest BCUT2D eigenvalue weighted by atomic mass is 10.1. The Labute approximate surface area is 128 Å². The van der Waals surface area contributed by atoms with Gasteiger partial charge in [-0.1, -0.05) is 18.2 Å². The van der Waals surface area contributed by atoms with Crippen molar-refractivity contribution in [3.8, 4) is 11.5 Å². The molecule has 0 spiro atoms. The standard InChI is InChI=1S/C18H15NO3/c1-2-21-14-8-10-15(11-9-14)22-18(20)16-7-3-5-13-6-4-12-19-17(13)16/h3-12H,2H2,1H3. The fourth-order valence-corrected chi connectivity index (χ4v) is 2.20. The molecule has 0 saturated heterocycles. The van der Waals surface area contributed by atoms with Gasteiger partial charge in [0.2, 0.25) is 0 Å². The highest BCUT2D eigenvalue weighted by molar-refractivity contribution is 6.03. The van der Waals surface area contributed by atoms with E-state index in [-0.39, 0.29) is 0 Å². The van der Waals surface area contributed by atoms with Gasteiger partial charge in [0.1, 0.15) is 11.5 Å². The molecule has 1 aromatic heterocycles. The van der Waals surface area contributed by atoms with E-state index in [9.17, 15) is 4.79 Å². The van der Waals surface area contributed by atoms with Gasteiger partial charge < -0.3 is 9.47 Å². The zero-order chi connectivity index (χ0) is 15.4. The number of hydrogen-bond acceptors (Lipinski definition) is 4. The Balaban J connectivity index is 1.84. The van der Waals surface area contributed by atoms with Gasteiger partial charge in [-0.3, -0.25) is 4.98 Å². The number of hydrogen-bond donors (Lipinski definition) is 0. The Morgan fingerprint density at radius 2 is 1.73 bits per heavy atom. The molecule has 3 rings (SSSR count). The van der Waals surface area contributed by atoms with Crippen LogP contribution in [0.4, 0.5) is 0 Å². The number of ether oxygens (including phenoxy) is 2. The van der Waals surface area contributed by atoms with Gasteiger partial charge in [-0.15, -0.1) is 0 Å². The lowest BCUT2D eigenvalue weighted by Crippen LogP contribution is -2.09. The van der Waals surface area contributed by atoms with Crippen LogP contribution < -0.4 is 9.47 Å². The van der Waals surface area contributed by atoms with E-state index in [0.717, 1.165) is 11.1 Å². The molecule has 4 heteroatoms. The van der Waals surface area contributed by atoms with Crippen LogP contribution in [0.3, 0.4) is 0 Å². The number of para-hydroxylation sites is 1. The molecule has 2 aromatic carbocycles. The largest absolute Gasteiger partial charge is 0.494 e. The molecule has 4 nitrogen and oxygen atoms in total. The van der Waals surface area contributed by atoms with E-state index < -0.39 is 5.97 Å². The zero-order valence-electron chi connectivity index (χ0n) is 12.2. The first-order valence-corrected chi connectivity index (χ1v) is 7.06. The van der Waals surface area contributed by atoms with Gasteiger partial charge in [0.25, 0.3) is 0 Å². The lowest BCUT2D eigenvalue weighted by molar-refractivity contribution is 0.0736. The van der Waals surface area contributed by atoms with Gasteiger partial charge >= 0.3 is 5.97 Å². The number of fused-ring (bicyclic) bond motifs is 1. The number of carbonyl (C=O) groups is 1. The highest BCUT2D eigenvalue weighted by atomic mass is 16.5. The summed E-state index contributed by atoms with van der Waals surface area (Å²) in [5.41, 5.74) is 1.09. The number of pyridine rings is 1. The van der Waals surface area contributed by atoms with E-state index in [4.69, 9.17) is 9.47 Å². The Bertz CT molecular complexity index is 792. The minimum atomic E-state index is -0.423. The van der Waals surface area contributed by atoms with Crippen molar-refractivity contribution in [2.45, 2.75) is 6.92 Å². The van der Waals surface area contributed by atoms with Crippen LogP contribution in [-0.2, 0) is 0 Å². The van der Waals surface area contributed by atoms with Gasteiger partial charge in [-0.2, -0.15) is 0 Å². The van der Waals surface area contributed by atoms with Crippen LogP contribution in [-0.4, -0.2) is 17.6 Å². The molecule has 0 saturated carbocycles. The first kappa shape index (κ1) is 14.1. The number of carbonyl (C=O) groups excluding carboxylic acids is 1. The van der Waals surface area contributed by atoms with Crippen molar-refractivity contribution in [3.63, 3.8) is 0 Å². The molecule has 0 fully saturated rings. The quantitative estimate of drug-likeness (QED) is 0.541. The van der Waals surface area contributed by atoms with Crippen LogP contribution in [0.15, 0.2) is 60.8 Å². The Morgan fingerprint density at radius 1 is 1.00 bits per heavy atom. The number of benzene rings is 2. The Morgan fingerprint density at radius 3 is 2.50 bits per heavy atom. The smallest absolute Gasteiger partial charge is 0.345 e. The fourth-order valence-electron chi connectivity index (χ4n) is 2.20. The second kappa shape index (κ2) is 6.26. The molecule has 0 aliphatic carbocycles. The van der Waals surface area contributed by atoms with Crippen molar-refractivity contribution in [2.75, 3.05) is 6.61 Å². The molecule has 110 valence electrons. The van der Waals surface area contributed by atoms with E-state index in [2.05, 4.69) is 4.98 Å². The summed E-state index contributed by atoms with van der Waals surface area (Å²) in [7, 11) is 0. The van der Waals surface area contributed by atoms with Crippen molar-refractivity contribution in [2.24, 2.45) is 0 Å². The SMILES string of the molecule is CCOc1ccc(OC(=O)c2cccc3cccnc23)cc1. The molecule has 0 N–H and O–H groups in total. The number of esters is 1. The fraction of sp³-hybridized carbons (Fsp3) is 0.111. The molecule has 0 bridgehead atoms. The molecule has 0 aliphatic heterocycles. The van der Waals surface area contributed by atoms with Crippen LogP contribution in [0.2, 0.25) is 0 Å². The molecule has 1 heterocycles. The number of rotatable bonds is 4. The van der Waals surface area contributed by atoms with Gasteiger partial charge in [0.15, 0.2) is 0 Å². The Kier molecular flexibility index (Phi) is 4.01. The average molecular weight is 293 g/mol. The zero-order valence-corrected chi connectivity index (χ0v) is 12.2. The highest BCUT2D eigenvalue weighted by Gasteiger charge is 2.13. The predicted molar refractivity (Wildman–Crippen MR) is 84.3 cm³/mol. The molecule has 0 atom stereocenters. The van der Waals surface area contributed by atoms with Crippen molar-refractivity contribution in [1.29, 1.82) is 0 Å². The van der Waals surface area contributed by atoms with Crippen LogP contribution in [0.5, 0.6) is 11.5 Å². The average Bonchev–Trinajstić information content (AvgIpc) is 2.56. The number of aromatic nitrogens is 1. The van der Waals surface area contributed by atoms with Crippen LogP contribution in [0.25, 0.3) is 10.9 Å². The van der Waals surface area contributed by atoms with Crippen molar-refractivity contribution in [1.82, 2.24) is 4.98 Å². The maximum Gasteiger partial charge on any atom is 0.345 e. The molecule has 0 amide bonds. The van der Waals surface area contributed by atoms with Crippen LogP contribution in [0.1, 0.15) is 17.3 Å². The van der Waals surface area contributed by atoms with Crippen LogP contribution in [0, 0.1) is 0 Å². The lowest BCUT2D eigenvalue weighted by Gasteiger charge is -2.07. The summed E-state index contributed by atoms with van der Waals surface area (Å²) in [4.78, 5) is 16.6. The van der Waals surface area contributed by atoms with Gasteiger partial charge in [0, 0.05) is 11.6 Å². The number of nitrogens with zero attached hydrogens (tertiary/aromatic N) is 1. The minimum Gasteiger partial charge on any atom is -0.494 e. The minimum absolute atomic E-state index is 0.423. The summed E-state index contributed by atoms with van der Waals surface area (Å²) in [5, 5.41) is 0.906. The van der Waals surface area contributed by atoms with Gasteiger partial charge in [0.05, 0.1) is 17.7 Å². The van der Waals surface area contributed by atoms with Crippen molar-refractivity contribution < 1.29 is 14.3 Å². The molecular weight excluding hydrogens is 278 g/mol. The van der Waals surface area contributed by atoms with Crippen molar-refractivity contribution >= 4 is 16.9 Å². The normalized spacial score (nSPS) is 10.4. The predicted octanol–water partition coefficient (Wildman–Crippen LogP) is 3.85. The first-order valence-electron chi connectivity index (χ1n) is 7.06. The monoisotopic (exact) mass is 293 g/mol. The maximum atomic E-state index is 12.3. The van der Waals surface area contributed by atoms with Gasteiger partial charge in [-0.05, 0) is 43.3 Å². The maximum absolute atomic E-state index is 12.3. The molecular formula is C18H15NO3. The summed E-state index contributed by atoms with van der Waals surface area (Å²) in [6.45, 7) is 2.52. The summed E-state index contributed by atoms with van der Waals surface area (Å²) in [6.07, 6.45) is 1.66. The molecule has 22 heavy (non-hydrogen) atoms. The van der Waals surface area contributed by atoms with E-state index in [1.165, 1.54) is 0 Å². The third-order valence-corrected chi connectivity index (χ3v) is 3.20. The van der Waals surface area contributed by atoms with Gasteiger partial charge in [-0.25, -0.2) is 4.79 Å². The van der Waals surface area contributed by atoms with E-state index in [1.54, 1.807) is 36.5 Å². The first-order chi connectivity index (χ1) is 10.8. The molecule has 3 aromatic rings.